The molecule has 1 aliphatic rings. The summed E-state index contributed by atoms with van der Waals surface area (Å²) in [6.45, 7) is 2.03. The molecule has 90 valence electrons. The van der Waals surface area contributed by atoms with Gasteiger partial charge in [-0.1, -0.05) is 36.4 Å². The largest absolute Gasteiger partial charge is 0.348 e. The van der Waals surface area contributed by atoms with E-state index in [0.29, 0.717) is 0 Å². The van der Waals surface area contributed by atoms with Gasteiger partial charge in [-0.25, -0.2) is 0 Å². The van der Waals surface area contributed by atoms with Crippen molar-refractivity contribution in [2.75, 3.05) is 14.1 Å². The van der Waals surface area contributed by atoms with Gasteiger partial charge in [0.05, 0.1) is 0 Å². The number of allylic oxidation sites excluding steroid dienone is 1. The topological polar surface area (TPSA) is 20.3 Å². The minimum atomic E-state index is -0.412. The average Bonchev–Trinajstić information content (AvgIpc) is 2.72. The quantitative estimate of drug-likeness (QED) is 0.801. The van der Waals surface area contributed by atoms with Crippen molar-refractivity contribution < 1.29 is 4.79 Å². The number of benzene rings is 1. The molecule has 2 atom stereocenters. The average molecular weight is 247 g/mol. The van der Waals surface area contributed by atoms with Crippen LogP contribution in [-0.4, -0.2) is 29.6 Å². The Labute approximate surface area is 107 Å². The van der Waals surface area contributed by atoms with E-state index in [1.807, 2.05) is 44.6 Å². The van der Waals surface area contributed by atoms with Crippen LogP contribution in [0, 0.1) is 0 Å². The van der Waals surface area contributed by atoms with Crippen LogP contribution in [0.4, 0.5) is 0 Å². The number of amides is 1. The first kappa shape index (κ1) is 12.2. The van der Waals surface area contributed by atoms with Gasteiger partial charge in [0.25, 0.3) is 0 Å². The molecule has 0 radical (unpaired) electrons. The smallest absolute Gasteiger partial charge is 0.239 e. The van der Waals surface area contributed by atoms with Gasteiger partial charge in [0, 0.05) is 20.0 Å². The van der Waals surface area contributed by atoms with Crippen LogP contribution in [0.5, 0.6) is 0 Å². The van der Waals surface area contributed by atoms with E-state index in [2.05, 4.69) is 18.2 Å². The predicted molar refractivity (Wildman–Crippen MR) is 73.0 cm³/mol. The molecule has 0 aliphatic carbocycles. The molecule has 0 spiro atoms. The molecular formula is C14H17NOS. The third-order valence-electron chi connectivity index (χ3n) is 3.17. The molecule has 2 nitrogen and oxygen atoms in total. The van der Waals surface area contributed by atoms with E-state index in [4.69, 9.17) is 0 Å². The van der Waals surface area contributed by atoms with Crippen molar-refractivity contribution in [1.82, 2.24) is 4.90 Å². The first-order valence-electron chi connectivity index (χ1n) is 5.67. The Morgan fingerprint density at radius 3 is 2.53 bits per heavy atom. The Hall–Kier alpha value is -1.22. The highest BCUT2D eigenvalue weighted by atomic mass is 32.2. The van der Waals surface area contributed by atoms with Crippen LogP contribution < -0.4 is 0 Å². The van der Waals surface area contributed by atoms with Crippen LogP contribution in [0.3, 0.4) is 0 Å². The molecule has 0 bridgehead atoms. The van der Waals surface area contributed by atoms with E-state index in [-0.39, 0.29) is 11.8 Å². The molecule has 1 amide bonds. The first-order valence-corrected chi connectivity index (χ1v) is 6.55. The summed E-state index contributed by atoms with van der Waals surface area (Å²) in [6, 6.07) is 10.2. The fourth-order valence-electron chi connectivity index (χ4n) is 2.23. The molecule has 1 aromatic carbocycles. The second kappa shape index (κ2) is 4.57. The molecule has 0 aromatic heterocycles. The van der Waals surface area contributed by atoms with E-state index in [1.165, 1.54) is 5.56 Å². The van der Waals surface area contributed by atoms with Crippen molar-refractivity contribution in [3.05, 3.63) is 47.4 Å². The molecule has 2 rings (SSSR count). The highest BCUT2D eigenvalue weighted by Gasteiger charge is 2.44. The van der Waals surface area contributed by atoms with Crippen molar-refractivity contribution in [1.29, 1.82) is 0 Å². The third kappa shape index (κ3) is 2.12. The Bertz CT molecular complexity index is 441. The number of hydrogen-bond donors (Lipinski definition) is 0. The Morgan fingerprint density at radius 1 is 1.29 bits per heavy atom. The zero-order valence-electron chi connectivity index (χ0n) is 10.4. The number of hydrogen-bond acceptors (Lipinski definition) is 2. The summed E-state index contributed by atoms with van der Waals surface area (Å²) < 4.78 is -0.412. The first-order chi connectivity index (χ1) is 8.05. The zero-order valence-corrected chi connectivity index (χ0v) is 11.2. The van der Waals surface area contributed by atoms with E-state index < -0.39 is 4.75 Å². The van der Waals surface area contributed by atoms with Gasteiger partial charge in [0.1, 0.15) is 4.75 Å². The maximum atomic E-state index is 12.3. The Morgan fingerprint density at radius 2 is 1.94 bits per heavy atom. The van der Waals surface area contributed by atoms with Gasteiger partial charge >= 0.3 is 0 Å². The van der Waals surface area contributed by atoms with Crippen LogP contribution in [-0.2, 0) is 4.79 Å². The minimum Gasteiger partial charge on any atom is -0.348 e. The number of nitrogens with zero attached hydrogens (tertiary/aromatic N) is 1. The van der Waals surface area contributed by atoms with Gasteiger partial charge in [0.15, 0.2) is 0 Å². The number of rotatable bonds is 2. The fraction of sp³-hybridized carbons (Fsp3) is 0.357. The van der Waals surface area contributed by atoms with Crippen molar-refractivity contribution in [3.63, 3.8) is 0 Å². The number of thioether (sulfide) groups is 1. The zero-order chi connectivity index (χ0) is 12.5. The van der Waals surface area contributed by atoms with Crippen LogP contribution in [0.1, 0.15) is 18.4 Å². The monoisotopic (exact) mass is 247 g/mol. The molecule has 0 N–H and O–H groups in total. The van der Waals surface area contributed by atoms with Crippen LogP contribution in [0.25, 0.3) is 0 Å². The van der Waals surface area contributed by atoms with Gasteiger partial charge in [0.2, 0.25) is 5.91 Å². The highest BCUT2D eigenvalue weighted by molar-refractivity contribution is 8.04. The summed E-state index contributed by atoms with van der Waals surface area (Å²) in [5.41, 5.74) is 1.20. The molecular weight excluding hydrogens is 230 g/mol. The molecule has 1 heterocycles. The summed E-state index contributed by atoms with van der Waals surface area (Å²) in [6.07, 6.45) is 2.13. The van der Waals surface area contributed by atoms with Gasteiger partial charge in [-0.05, 0) is 17.9 Å². The summed E-state index contributed by atoms with van der Waals surface area (Å²) in [7, 11) is 3.63. The van der Waals surface area contributed by atoms with E-state index in [9.17, 15) is 4.79 Å². The molecule has 0 saturated heterocycles. The van der Waals surface area contributed by atoms with Gasteiger partial charge in [-0.2, -0.15) is 0 Å². The molecule has 1 aliphatic heterocycles. The second-order valence-corrected chi connectivity index (χ2v) is 6.00. The lowest BCUT2D eigenvalue weighted by atomic mass is 9.86. The second-order valence-electron chi connectivity index (χ2n) is 4.64. The van der Waals surface area contributed by atoms with Crippen molar-refractivity contribution in [2.24, 2.45) is 0 Å². The summed E-state index contributed by atoms with van der Waals surface area (Å²) >= 11 is 1.61. The lowest BCUT2D eigenvalue weighted by Gasteiger charge is -2.32. The van der Waals surface area contributed by atoms with Gasteiger partial charge in [-0.15, -0.1) is 11.8 Å². The Balaban J connectivity index is 2.34. The van der Waals surface area contributed by atoms with Crippen LogP contribution in [0.15, 0.2) is 41.8 Å². The normalized spacial score (nSPS) is 27.1. The van der Waals surface area contributed by atoms with E-state index >= 15 is 0 Å². The minimum absolute atomic E-state index is 0.156. The van der Waals surface area contributed by atoms with Gasteiger partial charge in [-0.3, -0.25) is 4.79 Å². The molecule has 1 aromatic rings. The molecule has 17 heavy (non-hydrogen) atoms. The number of carbonyl (C=O) groups is 1. The lowest BCUT2D eigenvalue weighted by molar-refractivity contribution is -0.131. The number of carbonyl (C=O) groups excluding carboxylic acids is 1. The predicted octanol–water partition coefficient (Wildman–Crippen LogP) is 2.88. The molecule has 2 unspecified atom stereocenters. The summed E-state index contributed by atoms with van der Waals surface area (Å²) in [5, 5.41) is 2.04. The standard InChI is InChI=1S/C14H17NOS/c1-14(13(16)15(2)3)12(9-10-17-14)11-7-5-4-6-8-11/h4-10,12H,1-3H3. The van der Waals surface area contributed by atoms with E-state index in [1.54, 1.807) is 16.7 Å². The third-order valence-corrected chi connectivity index (χ3v) is 4.38. The fourth-order valence-corrected chi connectivity index (χ4v) is 3.40. The van der Waals surface area contributed by atoms with Crippen LogP contribution >= 0.6 is 11.8 Å². The van der Waals surface area contributed by atoms with E-state index in [0.717, 1.165) is 0 Å². The van der Waals surface area contributed by atoms with Crippen molar-refractivity contribution in [3.8, 4) is 0 Å². The Kier molecular flexibility index (Phi) is 3.29. The van der Waals surface area contributed by atoms with Crippen molar-refractivity contribution >= 4 is 17.7 Å². The summed E-state index contributed by atoms with van der Waals surface area (Å²) in [5.74, 6) is 0.324. The van der Waals surface area contributed by atoms with Crippen molar-refractivity contribution in [2.45, 2.75) is 17.6 Å². The van der Waals surface area contributed by atoms with Crippen LogP contribution in [0.2, 0.25) is 0 Å². The van der Waals surface area contributed by atoms with Gasteiger partial charge < -0.3 is 4.90 Å². The maximum absolute atomic E-state index is 12.3. The molecule has 3 heteroatoms. The maximum Gasteiger partial charge on any atom is 0.239 e. The molecule has 0 fully saturated rings. The lowest BCUT2D eigenvalue weighted by Crippen LogP contribution is -2.43. The summed E-state index contributed by atoms with van der Waals surface area (Å²) in [4.78, 5) is 14.0. The SMILES string of the molecule is CN(C)C(=O)C1(C)SC=CC1c1ccccc1. The highest BCUT2D eigenvalue weighted by Crippen LogP contribution is 2.47. The molecule has 0 saturated carbocycles.